The zero-order valence-electron chi connectivity index (χ0n) is 7.16. The second-order valence-corrected chi connectivity index (χ2v) is 3.27. The molecule has 0 unspecified atom stereocenters. The molecule has 3 heteroatoms. The van der Waals surface area contributed by atoms with Crippen LogP contribution in [-0.4, -0.2) is 21.3 Å². The number of fused-ring (bicyclic) bond motifs is 1. The van der Waals surface area contributed by atoms with Crippen LogP contribution in [0.5, 0.6) is 0 Å². The molecule has 2 heterocycles. The third-order valence-corrected chi connectivity index (χ3v) is 2.33. The van der Waals surface area contributed by atoms with Gasteiger partial charge in [-0.15, -0.1) is 0 Å². The fourth-order valence-corrected chi connectivity index (χ4v) is 1.71. The van der Waals surface area contributed by atoms with E-state index in [1.165, 1.54) is 18.7 Å². The topological polar surface area (TPSA) is 38.0 Å². The molecule has 0 spiro atoms. The van der Waals surface area contributed by atoms with Crippen LogP contribution in [0.2, 0.25) is 0 Å². The van der Waals surface area contributed by atoms with Crippen molar-refractivity contribution in [3.8, 4) is 0 Å². The molecule has 1 aliphatic heterocycles. The molecule has 0 fully saturated rings. The predicted octanol–water partition coefficient (Wildman–Crippen LogP) is 0.754. The maximum Gasteiger partial charge on any atom is 0.108 e. The summed E-state index contributed by atoms with van der Waals surface area (Å²) in [5.41, 5.74) is 1.04. The van der Waals surface area contributed by atoms with Crippen LogP contribution in [0.4, 0.5) is 0 Å². The number of imidazole rings is 1. The van der Waals surface area contributed by atoms with Crippen molar-refractivity contribution in [2.45, 2.75) is 32.2 Å². The molecule has 0 saturated heterocycles. The van der Waals surface area contributed by atoms with Gasteiger partial charge < -0.3 is 9.67 Å². The van der Waals surface area contributed by atoms with Crippen molar-refractivity contribution in [1.29, 1.82) is 0 Å². The fraction of sp³-hybridized carbons (Fsp3) is 0.667. The van der Waals surface area contributed by atoms with Gasteiger partial charge in [-0.2, -0.15) is 0 Å². The number of aliphatic hydroxyl groups is 1. The maximum absolute atomic E-state index is 8.73. The van der Waals surface area contributed by atoms with Crippen LogP contribution in [-0.2, 0) is 19.4 Å². The number of nitrogens with zero attached hydrogens (tertiary/aromatic N) is 2. The zero-order valence-corrected chi connectivity index (χ0v) is 7.16. The van der Waals surface area contributed by atoms with E-state index in [0.717, 1.165) is 18.7 Å². The normalized spacial score (nSPS) is 16.1. The Labute approximate surface area is 72.0 Å². The van der Waals surface area contributed by atoms with Gasteiger partial charge in [-0.25, -0.2) is 4.98 Å². The Morgan fingerprint density at radius 2 is 2.42 bits per heavy atom. The number of aromatic nitrogens is 2. The molecule has 1 aliphatic rings. The molecule has 0 atom stereocenters. The monoisotopic (exact) mass is 166 g/mol. The Morgan fingerprint density at radius 3 is 3.17 bits per heavy atom. The van der Waals surface area contributed by atoms with Gasteiger partial charge in [-0.1, -0.05) is 0 Å². The maximum atomic E-state index is 8.73. The van der Waals surface area contributed by atoms with E-state index in [1.54, 1.807) is 0 Å². The second-order valence-electron chi connectivity index (χ2n) is 3.27. The molecule has 0 aliphatic carbocycles. The van der Waals surface area contributed by atoms with Gasteiger partial charge in [0.15, 0.2) is 0 Å². The SMILES string of the molecule is OCCc1cn2c(n1)CCCC2. The van der Waals surface area contributed by atoms with Crippen LogP contribution in [0.3, 0.4) is 0 Å². The highest BCUT2D eigenvalue weighted by molar-refractivity contribution is 5.06. The van der Waals surface area contributed by atoms with E-state index in [4.69, 9.17) is 5.11 Å². The molecule has 0 amide bonds. The van der Waals surface area contributed by atoms with Crippen molar-refractivity contribution < 1.29 is 5.11 Å². The van der Waals surface area contributed by atoms with Gasteiger partial charge in [-0.3, -0.25) is 0 Å². The number of aryl methyl sites for hydroxylation is 2. The summed E-state index contributed by atoms with van der Waals surface area (Å²) < 4.78 is 2.22. The summed E-state index contributed by atoms with van der Waals surface area (Å²) in [5, 5.41) is 8.73. The van der Waals surface area contributed by atoms with Gasteiger partial charge in [-0.05, 0) is 12.8 Å². The minimum atomic E-state index is 0.205. The Bertz CT molecular complexity index is 244. The molecule has 0 bridgehead atoms. The average Bonchev–Trinajstić information content (AvgIpc) is 2.47. The van der Waals surface area contributed by atoms with Crippen molar-refractivity contribution >= 4 is 0 Å². The smallest absolute Gasteiger partial charge is 0.108 e. The van der Waals surface area contributed by atoms with Gasteiger partial charge in [0.25, 0.3) is 0 Å². The Morgan fingerprint density at radius 1 is 1.50 bits per heavy atom. The minimum absolute atomic E-state index is 0.205. The van der Waals surface area contributed by atoms with Crippen LogP contribution in [0.15, 0.2) is 6.20 Å². The molecule has 66 valence electrons. The summed E-state index contributed by atoms with van der Waals surface area (Å²) in [6, 6.07) is 0. The molecule has 0 radical (unpaired) electrons. The Balaban J connectivity index is 2.20. The van der Waals surface area contributed by atoms with Crippen LogP contribution in [0.25, 0.3) is 0 Å². The van der Waals surface area contributed by atoms with Crippen LogP contribution in [0.1, 0.15) is 24.4 Å². The molecule has 2 rings (SSSR count). The summed E-state index contributed by atoms with van der Waals surface area (Å²) in [6.45, 7) is 1.31. The van der Waals surface area contributed by atoms with Gasteiger partial charge in [0.1, 0.15) is 5.82 Å². The van der Waals surface area contributed by atoms with Crippen molar-refractivity contribution in [3.05, 3.63) is 17.7 Å². The molecule has 1 N–H and O–H groups in total. The van der Waals surface area contributed by atoms with E-state index in [9.17, 15) is 0 Å². The molecule has 0 saturated carbocycles. The van der Waals surface area contributed by atoms with E-state index < -0.39 is 0 Å². The summed E-state index contributed by atoms with van der Waals surface area (Å²) >= 11 is 0. The molecule has 3 nitrogen and oxygen atoms in total. The molecular formula is C9H14N2O. The van der Waals surface area contributed by atoms with E-state index in [0.29, 0.717) is 6.42 Å². The summed E-state index contributed by atoms with van der Waals surface area (Å²) in [4.78, 5) is 4.44. The number of hydrogen-bond acceptors (Lipinski definition) is 2. The predicted molar refractivity (Wildman–Crippen MR) is 46.0 cm³/mol. The lowest BCUT2D eigenvalue weighted by Crippen LogP contribution is -2.08. The van der Waals surface area contributed by atoms with Gasteiger partial charge in [0.05, 0.1) is 5.69 Å². The van der Waals surface area contributed by atoms with Crippen molar-refractivity contribution in [3.63, 3.8) is 0 Å². The summed E-state index contributed by atoms with van der Waals surface area (Å²) in [7, 11) is 0. The first-order valence-corrected chi connectivity index (χ1v) is 4.56. The first kappa shape index (κ1) is 7.80. The second kappa shape index (κ2) is 3.27. The highest BCUT2D eigenvalue weighted by Gasteiger charge is 2.11. The molecule has 12 heavy (non-hydrogen) atoms. The number of aliphatic hydroxyl groups excluding tert-OH is 1. The molecular weight excluding hydrogens is 152 g/mol. The van der Waals surface area contributed by atoms with E-state index >= 15 is 0 Å². The summed E-state index contributed by atoms with van der Waals surface area (Å²) in [6.07, 6.45) is 6.40. The highest BCUT2D eigenvalue weighted by atomic mass is 16.3. The largest absolute Gasteiger partial charge is 0.396 e. The Hall–Kier alpha value is -0.830. The van der Waals surface area contributed by atoms with Gasteiger partial charge in [0, 0.05) is 32.2 Å². The third-order valence-electron chi connectivity index (χ3n) is 2.33. The fourth-order valence-electron chi connectivity index (χ4n) is 1.71. The van der Waals surface area contributed by atoms with E-state index in [2.05, 4.69) is 15.7 Å². The molecule has 1 aromatic heterocycles. The standard InChI is InChI=1S/C9H14N2O/c12-6-4-8-7-11-5-2-1-3-9(11)10-8/h7,12H,1-6H2. The first-order chi connectivity index (χ1) is 5.90. The van der Waals surface area contributed by atoms with Crippen molar-refractivity contribution in [2.75, 3.05) is 6.61 Å². The lowest BCUT2D eigenvalue weighted by Gasteiger charge is -2.11. The van der Waals surface area contributed by atoms with Crippen molar-refractivity contribution in [2.24, 2.45) is 0 Å². The Kier molecular flexibility index (Phi) is 2.13. The average molecular weight is 166 g/mol. The quantitative estimate of drug-likeness (QED) is 0.704. The lowest BCUT2D eigenvalue weighted by molar-refractivity contribution is 0.298. The van der Waals surface area contributed by atoms with Crippen molar-refractivity contribution in [1.82, 2.24) is 9.55 Å². The summed E-state index contributed by atoms with van der Waals surface area (Å²) in [5.74, 6) is 1.20. The van der Waals surface area contributed by atoms with E-state index in [1.807, 2.05) is 0 Å². The number of hydrogen-bond donors (Lipinski definition) is 1. The van der Waals surface area contributed by atoms with Crippen LogP contribution in [0, 0.1) is 0 Å². The van der Waals surface area contributed by atoms with Gasteiger partial charge in [0.2, 0.25) is 0 Å². The minimum Gasteiger partial charge on any atom is -0.396 e. The van der Waals surface area contributed by atoms with E-state index in [-0.39, 0.29) is 6.61 Å². The third kappa shape index (κ3) is 1.37. The molecule has 0 aromatic carbocycles. The van der Waals surface area contributed by atoms with Crippen LogP contribution < -0.4 is 0 Å². The highest BCUT2D eigenvalue weighted by Crippen LogP contribution is 2.14. The zero-order chi connectivity index (χ0) is 8.39. The van der Waals surface area contributed by atoms with Gasteiger partial charge >= 0.3 is 0 Å². The molecule has 1 aromatic rings. The number of rotatable bonds is 2. The first-order valence-electron chi connectivity index (χ1n) is 4.56. The van der Waals surface area contributed by atoms with Crippen LogP contribution >= 0.6 is 0 Å². The lowest BCUT2D eigenvalue weighted by atomic mass is 10.2.